The first-order valence-corrected chi connectivity index (χ1v) is 6.66. The van der Waals surface area contributed by atoms with Gasteiger partial charge in [0.15, 0.2) is 5.82 Å². The highest BCUT2D eigenvalue weighted by Gasteiger charge is 2.42. The van der Waals surface area contributed by atoms with Crippen LogP contribution in [0.3, 0.4) is 0 Å². The second-order valence-electron chi connectivity index (χ2n) is 4.34. The van der Waals surface area contributed by atoms with Gasteiger partial charge in [0.1, 0.15) is 16.2 Å². The molecule has 0 amide bonds. The van der Waals surface area contributed by atoms with Crippen LogP contribution >= 0.6 is 11.3 Å². The van der Waals surface area contributed by atoms with E-state index in [9.17, 15) is 0 Å². The minimum Gasteiger partial charge on any atom is -0.372 e. The summed E-state index contributed by atoms with van der Waals surface area (Å²) in [5, 5.41) is 6.28. The highest BCUT2D eigenvalue weighted by atomic mass is 32.1. The fourth-order valence-electron chi connectivity index (χ4n) is 2.27. The number of ether oxygens (including phenoxy) is 1. The van der Waals surface area contributed by atoms with Gasteiger partial charge in [-0.25, -0.2) is 9.97 Å². The van der Waals surface area contributed by atoms with Gasteiger partial charge in [0.25, 0.3) is 0 Å². The Bertz CT molecular complexity index is 542. The maximum Gasteiger partial charge on any atom is 0.164 e. The van der Waals surface area contributed by atoms with Crippen molar-refractivity contribution in [2.45, 2.75) is 24.9 Å². The lowest BCUT2D eigenvalue weighted by atomic mass is 9.79. The van der Waals surface area contributed by atoms with E-state index in [1.165, 1.54) is 6.42 Å². The van der Waals surface area contributed by atoms with Gasteiger partial charge in [-0.2, -0.15) is 0 Å². The van der Waals surface area contributed by atoms with Crippen molar-refractivity contribution in [3.05, 3.63) is 17.3 Å². The Morgan fingerprint density at radius 1 is 1.41 bits per heavy atom. The average molecular weight is 249 g/mol. The molecule has 0 saturated heterocycles. The third-order valence-corrected chi connectivity index (χ3v) is 4.33. The number of hydrogen-bond acceptors (Lipinski definition) is 5. The van der Waals surface area contributed by atoms with E-state index in [1.54, 1.807) is 18.4 Å². The molecule has 90 valence electrons. The number of aromatic nitrogens is 2. The van der Waals surface area contributed by atoms with Gasteiger partial charge < -0.3 is 10.1 Å². The van der Waals surface area contributed by atoms with Crippen molar-refractivity contribution in [3.8, 4) is 0 Å². The molecule has 0 spiro atoms. The predicted molar refractivity (Wildman–Crippen MR) is 69.5 cm³/mol. The number of anilines is 1. The zero-order valence-electron chi connectivity index (χ0n) is 9.99. The van der Waals surface area contributed by atoms with Gasteiger partial charge in [-0.1, -0.05) is 0 Å². The smallest absolute Gasteiger partial charge is 0.164 e. The van der Waals surface area contributed by atoms with Crippen molar-refractivity contribution in [1.82, 2.24) is 9.97 Å². The molecule has 1 aliphatic carbocycles. The summed E-state index contributed by atoms with van der Waals surface area (Å²) >= 11 is 1.65. The first-order chi connectivity index (χ1) is 8.29. The number of nitrogens with one attached hydrogen (secondary N) is 1. The van der Waals surface area contributed by atoms with E-state index in [1.807, 2.05) is 12.4 Å². The van der Waals surface area contributed by atoms with E-state index in [0.717, 1.165) is 34.7 Å². The Labute approximate surface area is 104 Å². The molecule has 1 aliphatic rings. The summed E-state index contributed by atoms with van der Waals surface area (Å²) in [5.74, 6) is 1.72. The van der Waals surface area contributed by atoms with Crippen molar-refractivity contribution in [1.29, 1.82) is 0 Å². The van der Waals surface area contributed by atoms with Crippen LogP contribution in [0.4, 0.5) is 5.82 Å². The summed E-state index contributed by atoms with van der Waals surface area (Å²) in [4.78, 5) is 10.3. The summed E-state index contributed by atoms with van der Waals surface area (Å²) in [6.45, 7) is 0. The standard InChI is InChI=1S/C12H15N3OS/c1-13-9-8-4-7-17-10(8)15-11(14-9)12(16-2)5-3-6-12/h4,7H,3,5-6H2,1-2H3,(H,13,14,15). The number of nitrogens with zero attached hydrogens (tertiary/aromatic N) is 2. The highest BCUT2D eigenvalue weighted by molar-refractivity contribution is 7.16. The molecular weight excluding hydrogens is 234 g/mol. The molecule has 0 aliphatic heterocycles. The molecule has 0 radical (unpaired) electrons. The largest absolute Gasteiger partial charge is 0.372 e. The van der Waals surface area contributed by atoms with Crippen molar-refractivity contribution in [3.63, 3.8) is 0 Å². The maximum atomic E-state index is 5.64. The van der Waals surface area contributed by atoms with Crippen LogP contribution in [0.25, 0.3) is 10.2 Å². The zero-order valence-corrected chi connectivity index (χ0v) is 10.8. The summed E-state index contributed by atoms with van der Waals surface area (Å²) in [7, 11) is 3.64. The van der Waals surface area contributed by atoms with Crippen molar-refractivity contribution in [2.75, 3.05) is 19.5 Å². The van der Waals surface area contributed by atoms with Crippen LogP contribution in [0.15, 0.2) is 11.4 Å². The SMILES string of the molecule is CNc1nc(C2(OC)CCC2)nc2sccc12. The van der Waals surface area contributed by atoms with Crippen molar-refractivity contribution in [2.24, 2.45) is 0 Å². The second kappa shape index (κ2) is 3.92. The number of thiophene rings is 1. The average Bonchev–Trinajstić information content (AvgIpc) is 2.75. The topological polar surface area (TPSA) is 47.0 Å². The highest BCUT2D eigenvalue weighted by Crippen LogP contribution is 2.43. The van der Waals surface area contributed by atoms with Crippen LogP contribution in [0.1, 0.15) is 25.1 Å². The first-order valence-electron chi connectivity index (χ1n) is 5.78. The number of hydrogen-bond donors (Lipinski definition) is 1. The molecule has 0 unspecified atom stereocenters. The fourth-order valence-corrected chi connectivity index (χ4v) is 3.03. The Morgan fingerprint density at radius 3 is 2.82 bits per heavy atom. The van der Waals surface area contributed by atoms with Crippen LogP contribution < -0.4 is 5.32 Å². The monoisotopic (exact) mass is 249 g/mol. The molecule has 5 heteroatoms. The van der Waals surface area contributed by atoms with Crippen LogP contribution in [0.2, 0.25) is 0 Å². The molecule has 3 rings (SSSR count). The van der Waals surface area contributed by atoms with Gasteiger partial charge in [-0.3, -0.25) is 0 Å². The zero-order chi connectivity index (χ0) is 11.9. The number of methoxy groups -OCH3 is 1. The van der Waals surface area contributed by atoms with E-state index in [2.05, 4.69) is 21.4 Å². The van der Waals surface area contributed by atoms with Gasteiger partial charge in [-0.15, -0.1) is 11.3 Å². The van der Waals surface area contributed by atoms with Gasteiger partial charge in [-0.05, 0) is 30.7 Å². The molecule has 2 heterocycles. The normalized spacial score (nSPS) is 18.0. The fraction of sp³-hybridized carbons (Fsp3) is 0.500. The molecule has 1 fully saturated rings. The lowest BCUT2D eigenvalue weighted by Crippen LogP contribution is -2.38. The molecule has 0 atom stereocenters. The Balaban J connectivity index is 2.16. The van der Waals surface area contributed by atoms with Gasteiger partial charge in [0.2, 0.25) is 0 Å². The van der Waals surface area contributed by atoms with Crippen molar-refractivity contribution < 1.29 is 4.74 Å². The van der Waals surface area contributed by atoms with Gasteiger partial charge in [0.05, 0.1) is 5.39 Å². The molecular formula is C12H15N3OS. The maximum absolute atomic E-state index is 5.64. The summed E-state index contributed by atoms with van der Waals surface area (Å²) in [6, 6.07) is 2.05. The van der Waals surface area contributed by atoms with Gasteiger partial charge in [0, 0.05) is 14.2 Å². The Morgan fingerprint density at radius 2 is 2.24 bits per heavy atom. The molecule has 0 aromatic carbocycles. The minimum absolute atomic E-state index is 0.246. The molecule has 17 heavy (non-hydrogen) atoms. The van der Waals surface area contributed by atoms with Gasteiger partial charge >= 0.3 is 0 Å². The quantitative estimate of drug-likeness (QED) is 0.908. The van der Waals surface area contributed by atoms with Crippen LogP contribution in [-0.4, -0.2) is 24.1 Å². The molecule has 1 saturated carbocycles. The van der Waals surface area contributed by atoms with E-state index in [4.69, 9.17) is 4.74 Å². The Kier molecular flexibility index (Phi) is 2.52. The summed E-state index contributed by atoms with van der Waals surface area (Å²) in [6.07, 6.45) is 3.22. The van der Waals surface area contributed by atoms with Crippen LogP contribution in [-0.2, 0) is 10.3 Å². The number of rotatable bonds is 3. The van der Waals surface area contributed by atoms with E-state index < -0.39 is 0 Å². The molecule has 0 bridgehead atoms. The van der Waals surface area contributed by atoms with E-state index >= 15 is 0 Å². The lowest BCUT2D eigenvalue weighted by Gasteiger charge is -2.38. The third-order valence-electron chi connectivity index (χ3n) is 3.52. The summed E-state index contributed by atoms with van der Waals surface area (Å²) in [5.41, 5.74) is -0.246. The Hall–Kier alpha value is -1.20. The number of fused-ring (bicyclic) bond motifs is 1. The van der Waals surface area contributed by atoms with Crippen LogP contribution in [0, 0.1) is 0 Å². The molecule has 2 aromatic rings. The minimum atomic E-state index is -0.246. The molecule has 4 nitrogen and oxygen atoms in total. The predicted octanol–water partition coefficient (Wildman–Crippen LogP) is 2.76. The van der Waals surface area contributed by atoms with E-state index in [-0.39, 0.29) is 5.60 Å². The lowest BCUT2D eigenvalue weighted by molar-refractivity contribution is -0.0842. The van der Waals surface area contributed by atoms with Crippen LogP contribution in [0.5, 0.6) is 0 Å². The summed E-state index contributed by atoms with van der Waals surface area (Å²) < 4.78 is 5.64. The second-order valence-corrected chi connectivity index (χ2v) is 5.23. The molecule has 1 N–H and O–H groups in total. The van der Waals surface area contributed by atoms with Crippen molar-refractivity contribution >= 4 is 27.4 Å². The third kappa shape index (κ3) is 1.53. The first kappa shape index (κ1) is 10.9. The van der Waals surface area contributed by atoms with E-state index in [0.29, 0.717) is 0 Å². The molecule has 2 aromatic heterocycles.